The average molecular weight is 237 g/mol. The van der Waals surface area contributed by atoms with E-state index in [0.29, 0.717) is 6.61 Å². The van der Waals surface area contributed by atoms with Crippen molar-refractivity contribution in [2.45, 2.75) is 6.42 Å². The number of rotatable bonds is 1. The van der Waals surface area contributed by atoms with Crippen molar-refractivity contribution in [1.82, 2.24) is 0 Å². The van der Waals surface area contributed by atoms with Crippen LogP contribution in [-0.4, -0.2) is 31.6 Å². The van der Waals surface area contributed by atoms with Crippen molar-refractivity contribution in [1.29, 1.82) is 0 Å². The second kappa shape index (κ2) is 5.25. The molecule has 0 aromatic heterocycles. The van der Waals surface area contributed by atoms with Gasteiger partial charge in [-0.05, 0) is 24.5 Å². The van der Waals surface area contributed by atoms with Crippen LogP contribution in [-0.2, 0) is 0 Å². The average Bonchev–Trinajstić information content (AvgIpc) is 2.55. The number of ether oxygens (including phenoxy) is 2. The highest BCUT2D eigenvalue weighted by molar-refractivity contribution is 8.13. The van der Waals surface area contributed by atoms with Crippen LogP contribution >= 0.6 is 11.8 Å². The van der Waals surface area contributed by atoms with Crippen LogP contribution in [0.1, 0.15) is 12.0 Å². The lowest BCUT2D eigenvalue weighted by Gasteiger charge is -2.09. The number of thioether (sulfide) groups is 1. The number of hydrogen-bond donors (Lipinski definition) is 0. The molecule has 2 rings (SSSR count). The Balaban J connectivity index is 2.34. The number of hydrogen-bond acceptors (Lipinski definition) is 4. The minimum Gasteiger partial charge on any atom is -0.490 e. The van der Waals surface area contributed by atoms with Gasteiger partial charge in [0.05, 0.1) is 18.3 Å². The third-order valence-electron chi connectivity index (χ3n) is 2.39. The molecule has 0 bridgehead atoms. The van der Waals surface area contributed by atoms with Crippen LogP contribution in [0.25, 0.3) is 0 Å². The third-order valence-corrected chi connectivity index (χ3v) is 3.20. The first-order valence-corrected chi connectivity index (χ1v) is 6.48. The predicted octanol–water partition coefficient (Wildman–Crippen LogP) is 2.59. The van der Waals surface area contributed by atoms with Gasteiger partial charge >= 0.3 is 0 Å². The van der Waals surface area contributed by atoms with Crippen molar-refractivity contribution in [3.8, 4) is 11.5 Å². The Hall–Kier alpha value is -1.16. The van der Waals surface area contributed by atoms with Gasteiger partial charge in [-0.2, -0.15) is 0 Å². The molecular formula is C12H15NO2S. The van der Waals surface area contributed by atoms with Crippen LogP contribution in [0.5, 0.6) is 11.5 Å². The molecule has 3 nitrogen and oxygen atoms in total. The summed E-state index contributed by atoms with van der Waals surface area (Å²) < 4.78 is 11.2. The molecule has 0 N–H and O–H groups in total. The molecule has 0 saturated heterocycles. The van der Waals surface area contributed by atoms with E-state index in [0.717, 1.165) is 35.1 Å². The zero-order chi connectivity index (χ0) is 11.4. The number of aliphatic imine (C=N–C) groups is 1. The topological polar surface area (TPSA) is 30.8 Å². The van der Waals surface area contributed by atoms with E-state index in [1.807, 2.05) is 24.5 Å². The van der Waals surface area contributed by atoms with E-state index in [2.05, 4.69) is 4.99 Å². The number of benzene rings is 1. The summed E-state index contributed by atoms with van der Waals surface area (Å²) >= 11 is 1.63. The highest BCUT2D eigenvalue weighted by Crippen LogP contribution is 2.31. The number of fused-ring (bicyclic) bond motifs is 1. The molecule has 1 heterocycles. The van der Waals surface area contributed by atoms with Crippen LogP contribution in [0.15, 0.2) is 23.2 Å². The quantitative estimate of drug-likeness (QED) is 0.555. The summed E-state index contributed by atoms with van der Waals surface area (Å²) in [4.78, 5) is 4.23. The van der Waals surface area contributed by atoms with Gasteiger partial charge in [0, 0.05) is 19.0 Å². The maximum absolute atomic E-state index is 5.64. The molecule has 4 heteroatoms. The summed E-state index contributed by atoms with van der Waals surface area (Å²) in [6.07, 6.45) is 2.95. The third kappa shape index (κ3) is 2.32. The Morgan fingerprint density at radius 3 is 2.69 bits per heavy atom. The monoisotopic (exact) mass is 237 g/mol. The molecule has 0 amide bonds. The van der Waals surface area contributed by atoms with Gasteiger partial charge in [0.1, 0.15) is 0 Å². The molecule has 0 aliphatic carbocycles. The van der Waals surface area contributed by atoms with E-state index >= 15 is 0 Å². The van der Waals surface area contributed by atoms with Crippen molar-refractivity contribution in [3.63, 3.8) is 0 Å². The summed E-state index contributed by atoms with van der Waals surface area (Å²) in [6.45, 7) is 1.44. The highest BCUT2D eigenvalue weighted by atomic mass is 32.2. The molecule has 1 aliphatic rings. The Morgan fingerprint density at radius 2 is 2.00 bits per heavy atom. The molecule has 0 radical (unpaired) electrons. The second-order valence-electron chi connectivity index (χ2n) is 3.44. The number of nitrogens with zero attached hydrogens (tertiary/aromatic N) is 1. The minimum atomic E-state index is 0.717. The van der Waals surface area contributed by atoms with E-state index in [9.17, 15) is 0 Å². The molecule has 0 saturated carbocycles. The smallest absolute Gasteiger partial charge is 0.161 e. The Morgan fingerprint density at radius 1 is 1.25 bits per heavy atom. The highest BCUT2D eigenvalue weighted by Gasteiger charge is 2.12. The van der Waals surface area contributed by atoms with Crippen molar-refractivity contribution < 1.29 is 9.47 Å². The van der Waals surface area contributed by atoms with Crippen molar-refractivity contribution in [2.24, 2.45) is 4.99 Å². The van der Waals surface area contributed by atoms with E-state index in [1.54, 1.807) is 18.8 Å². The summed E-state index contributed by atoms with van der Waals surface area (Å²) in [6, 6.07) is 5.98. The zero-order valence-corrected chi connectivity index (χ0v) is 10.3. The van der Waals surface area contributed by atoms with Gasteiger partial charge in [-0.3, -0.25) is 4.99 Å². The van der Waals surface area contributed by atoms with Gasteiger partial charge in [-0.1, -0.05) is 0 Å². The molecule has 0 spiro atoms. The molecule has 1 aromatic rings. The zero-order valence-electron chi connectivity index (χ0n) is 9.53. The summed E-state index contributed by atoms with van der Waals surface area (Å²) in [5.41, 5.74) is 1.08. The fraction of sp³-hybridized carbons (Fsp3) is 0.417. The molecule has 0 fully saturated rings. The molecule has 16 heavy (non-hydrogen) atoms. The summed E-state index contributed by atoms with van der Waals surface area (Å²) in [5, 5.41) is 1.01. The van der Waals surface area contributed by atoms with Gasteiger partial charge in [0.25, 0.3) is 0 Å². The summed E-state index contributed by atoms with van der Waals surface area (Å²) in [7, 11) is 1.80. The maximum Gasteiger partial charge on any atom is 0.161 e. The first-order valence-electron chi connectivity index (χ1n) is 5.26. The molecular weight excluding hydrogens is 222 g/mol. The Kier molecular flexibility index (Phi) is 3.72. The van der Waals surface area contributed by atoms with Gasteiger partial charge in [-0.15, -0.1) is 11.8 Å². The maximum atomic E-state index is 5.64. The van der Waals surface area contributed by atoms with Crippen LogP contribution in [0.3, 0.4) is 0 Å². The van der Waals surface area contributed by atoms with Crippen LogP contribution in [0, 0.1) is 0 Å². The van der Waals surface area contributed by atoms with E-state index in [-0.39, 0.29) is 0 Å². The normalized spacial score (nSPS) is 15.8. The lowest BCUT2D eigenvalue weighted by Crippen LogP contribution is -1.98. The molecule has 1 aromatic carbocycles. The van der Waals surface area contributed by atoms with Crippen LogP contribution in [0.2, 0.25) is 0 Å². The van der Waals surface area contributed by atoms with Crippen LogP contribution < -0.4 is 9.47 Å². The molecule has 0 atom stereocenters. The van der Waals surface area contributed by atoms with Crippen LogP contribution in [0.4, 0.5) is 0 Å². The molecule has 0 unspecified atom stereocenters. The fourth-order valence-corrected chi connectivity index (χ4v) is 2.18. The fourth-order valence-electron chi connectivity index (χ4n) is 1.63. The van der Waals surface area contributed by atoms with E-state index < -0.39 is 0 Å². The largest absolute Gasteiger partial charge is 0.490 e. The first-order chi connectivity index (χ1) is 7.85. The molecule has 1 aliphatic heterocycles. The van der Waals surface area contributed by atoms with Gasteiger partial charge < -0.3 is 9.47 Å². The van der Waals surface area contributed by atoms with Gasteiger partial charge in [0.15, 0.2) is 11.5 Å². The lowest BCUT2D eigenvalue weighted by atomic mass is 10.2. The standard InChI is InChI=1S/C12H15NO2S/c1-13-12(16-2)9-4-5-10-11(8-9)15-7-3-6-14-10/h4-5,8H,3,6-7H2,1-2H3. The van der Waals surface area contributed by atoms with Crippen molar-refractivity contribution in [3.05, 3.63) is 23.8 Å². The lowest BCUT2D eigenvalue weighted by molar-refractivity contribution is 0.297. The van der Waals surface area contributed by atoms with E-state index in [4.69, 9.17) is 9.47 Å². The van der Waals surface area contributed by atoms with Gasteiger partial charge in [-0.25, -0.2) is 0 Å². The SMILES string of the molecule is CN=C(SC)c1ccc2c(c1)OCCCO2. The van der Waals surface area contributed by atoms with Crippen molar-refractivity contribution in [2.75, 3.05) is 26.5 Å². The van der Waals surface area contributed by atoms with E-state index in [1.165, 1.54) is 0 Å². The van der Waals surface area contributed by atoms with Gasteiger partial charge in [0.2, 0.25) is 0 Å². The predicted molar refractivity (Wildman–Crippen MR) is 68.0 cm³/mol. The molecule has 86 valence electrons. The Bertz CT molecular complexity index is 404. The Labute approximate surface area is 99.9 Å². The second-order valence-corrected chi connectivity index (χ2v) is 4.24. The minimum absolute atomic E-state index is 0.717. The summed E-state index contributed by atoms with van der Waals surface area (Å²) in [5.74, 6) is 1.66. The first kappa shape index (κ1) is 11.3. The van der Waals surface area contributed by atoms with Crippen molar-refractivity contribution >= 4 is 16.8 Å².